The molecule has 1 atom stereocenters. The van der Waals surface area contributed by atoms with E-state index in [9.17, 15) is 8.42 Å². The summed E-state index contributed by atoms with van der Waals surface area (Å²) < 4.78 is 32.9. The van der Waals surface area contributed by atoms with Gasteiger partial charge in [0.15, 0.2) is 0 Å². The van der Waals surface area contributed by atoms with Gasteiger partial charge in [-0.25, -0.2) is 4.98 Å². The number of hydrogen-bond donors (Lipinski definition) is 1. The first kappa shape index (κ1) is 13.7. The molecule has 1 aliphatic heterocycles. The fraction of sp³-hybridized carbons (Fsp3) is 0.500. The number of hydrogen-bond acceptors (Lipinski definition) is 4. The minimum Gasteiger partial charge on any atom is -0.475 e. The van der Waals surface area contributed by atoms with E-state index in [0.717, 1.165) is 10.0 Å². The summed E-state index contributed by atoms with van der Waals surface area (Å²) in [5.74, 6) is 0.467. The van der Waals surface area contributed by atoms with E-state index in [2.05, 4.69) is 25.6 Å². The number of aryl methyl sites for hydroxylation is 1. The molecule has 18 heavy (non-hydrogen) atoms. The molecule has 0 amide bonds. The molecule has 0 saturated carbocycles. The summed E-state index contributed by atoms with van der Waals surface area (Å²) >= 11 is 3.35. The molecule has 0 spiro atoms. The lowest BCUT2D eigenvalue weighted by molar-refractivity contribution is 0.266. The lowest BCUT2D eigenvalue weighted by Gasteiger charge is -2.11. The quantitative estimate of drug-likeness (QED) is 0.881. The van der Waals surface area contributed by atoms with Crippen LogP contribution < -0.4 is 9.46 Å². The first-order valence-electron chi connectivity index (χ1n) is 5.37. The van der Waals surface area contributed by atoms with Crippen molar-refractivity contribution in [1.82, 2.24) is 14.0 Å². The zero-order valence-electron chi connectivity index (χ0n) is 10.1. The molecule has 8 heteroatoms. The smallest absolute Gasteiger partial charge is 0.279 e. The van der Waals surface area contributed by atoms with Crippen LogP contribution in [0.15, 0.2) is 16.7 Å². The molecule has 2 rings (SSSR count). The molecule has 0 unspecified atom stereocenters. The third-order valence-corrected chi connectivity index (χ3v) is 4.74. The van der Waals surface area contributed by atoms with Crippen LogP contribution in [0.5, 0.6) is 5.88 Å². The number of nitrogens with zero attached hydrogens (tertiary/aromatic N) is 2. The molecule has 1 N–H and O–H groups in total. The SMILES string of the molecule is Cc1cnc(OC[C@@H]2CN(C)S(=O)(=O)N2)c(Br)c1. The highest BCUT2D eigenvalue weighted by Crippen LogP contribution is 2.23. The highest BCUT2D eigenvalue weighted by atomic mass is 79.9. The molecule has 2 heterocycles. The molecule has 100 valence electrons. The van der Waals surface area contributed by atoms with Crippen molar-refractivity contribution >= 4 is 26.1 Å². The lowest BCUT2D eigenvalue weighted by Crippen LogP contribution is -2.32. The first-order chi connectivity index (χ1) is 8.38. The Morgan fingerprint density at radius 3 is 2.94 bits per heavy atom. The summed E-state index contributed by atoms with van der Waals surface area (Å²) in [5, 5.41) is 0. The third-order valence-electron chi connectivity index (χ3n) is 2.57. The lowest BCUT2D eigenvalue weighted by atomic mass is 10.3. The van der Waals surface area contributed by atoms with Crippen LogP contribution in [-0.4, -0.2) is 43.9 Å². The van der Waals surface area contributed by atoms with E-state index in [1.54, 1.807) is 6.20 Å². The number of aromatic nitrogens is 1. The Balaban J connectivity index is 1.97. The second kappa shape index (κ2) is 5.12. The predicted octanol–water partition coefficient (Wildman–Crippen LogP) is 0.680. The standard InChI is InChI=1S/C10H14BrN3O3S/c1-7-3-9(11)10(12-4-7)17-6-8-5-14(2)18(15,16)13-8/h3-4,8,13H,5-6H2,1-2H3/t8-/m0/s1. The number of ether oxygens (including phenoxy) is 1. The van der Waals surface area contributed by atoms with Crippen LogP contribution in [0, 0.1) is 6.92 Å². The van der Waals surface area contributed by atoms with Gasteiger partial charge < -0.3 is 4.74 Å². The van der Waals surface area contributed by atoms with Gasteiger partial charge in [0.1, 0.15) is 6.61 Å². The topological polar surface area (TPSA) is 71.5 Å². The molecule has 0 aromatic carbocycles. The van der Waals surface area contributed by atoms with Gasteiger partial charge >= 0.3 is 0 Å². The predicted molar refractivity (Wildman–Crippen MR) is 70.6 cm³/mol. The Labute approximate surface area is 115 Å². The fourth-order valence-corrected chi connectivity index (χ4v) is 3.34. The molecule has 1 aliphatic rings. The summed E-state index contributed by atoms with van der Waals surface area (Å²) in [5.41, 5.74) is 1.02. The average Bonchev–Trinajstić information content (AvgIpc) is 2.51. The zero-order chi connectivity index (χ0) is 13.3. The van der Waals surface area contributed by atoms with E-state index < -0.39 is 10.2 Å². The minimum absolute atomic E-state index is 0.248. The van der Waals surface area contributed by atoms with Crippen molar-refractivity contribution < 1.29 is 13.2 Å². The van der Waals surface area contributed by atoms with E-state index in [4.69, 9.17) is 4.74 Å². The zero-order valence-corrected chi connectivity index (χ0v) is 12.5. The van der Waals surface area contributed by atoms with E-state index in [1.165, 1.54) is 11.4 Å². The summed E-state index contributed by atoms with van der Waals surface area (Å²) in [6, 6.07) is 1.64. The number of halogens is 1. The van der Waals surface area contributed by atoms with Crippen molar-refractivity contribution in [2.75, 3.05) is 20.2 Å². The van der Waals surface area contributed by atoms with Gasteiger partial charge in [-0.3, -0.25) is 0 Å². The van der Waals surface area contributed by atoms with E-state index in [-0.39, 0.29) is 12.6 Å². The highest BCUT2D eigenvalue weighted by molar-refractivity contribution is 9.10. The summed E-state index contributed by atoms with van der Waals surface area (Å²) in [6.07, 6.45) is 1.70. The molecular formula is C10H14BrN3O3S. The van der Waals surface area contributed by atoms with Crippen LogP contribution in [0.4, 0.5) is 0 Å². The van der Waals surface area contributed by atoms with E-state index >= 15 is 0 Å². The molecule has 1 aromatic heterocycles. The molecule has 1 aromatic rings. The molecular weight excluding hydrogens is 322 g/mol. The number of nitrogens with one attached hydrogen (secondary N) is 1. The molecule has 1 saturated heterocycles. The van der Waals surface area contributed by atoms with E-state index in [0.29, 0.717) is 12.4 Å². The van der Waals surface area contributed by atoms with Gasteiger partial charge in [0.25, 0.3) is 10.2 Å². The monoisotopic (exact) mass is 335 g/mol. The average molecular weight is 336 g/mol. The Bertz CT molecular complexity index is 549. The van der Waals surface area contributed by atoms with Crippen LogP contribution in [0.1, 0.15) is 5.56 Å². The molecule has 1 fully saturated rings. The van der Waals surface area contributed by atoms with Crippen LogP contribution >= 0.6 is 15.9 Å². The maximum absolute atomic E-state index is 11.4. The fourth-order valence-electron chi connectivity index (χ4n) is 1.64. The van der Waals surface area contributed by atoms with Crippen LogP contribution in [0.25, 0.3) is 0 Å². The third kappa shape index (κ3) is 3.00. The van der Waals surface area contributed by atoms with Crippen LogP contribution in [0.3, 0.4) is 0 Å². The van der Waals surface area contributed by atoms with E-state index in [1.807, 2.05) is 13.0 Å². The van der Waals surface area contributed by atoms with Crippen molar-refractivity contribution in [2.24, 2.45) is 0 Å². The maximum Gasteiger partial charge on any atom is 0.279 e. The first-order valence-corrected chi connectivity index (χ1v) is 7.60. The molecule has 0 radical (unpaired) electrons. The van der Waals surface area contributed by atoms with Gasteiger partial charge in [0.05, 0.1) is 10.5 Å². The van der Waals surface area contributed by atoms with Crippen molar-refractivity contribution in [1.29, 1.82) is 0 Å². The Hall–Kier alpha value is -0.700. The van der Waals surface area contributed by atoms with Gasteiger partial charge in [-0.2, -0.15) is 17.4 Å². The molecule has 0 aliphatic carbocycles. The summed E-state index contributed by atoms with van der Waals surface area (Å²) in [7, 11) is -1.79. The van der Waals surface area contributed by atoms with Crippen molar-refractivity contribution in [2.45, 2.75) is 13.0 Å². The molecule has 6 nitrogen and oxygen atoms in total. The second-order valence-electron chi connectivity index (χ2n) is 4.21. The second-order valence-corrected chi connectivity index (χ2v) is 6.87. The maximum atomic E-state index is 11.4. The minimum atomic E-state index is -3.32. The highest BCUT2D eigenvalue weighted by Gasteiger charge is 2.32. The van der Waals surface area contributed by atoms with Gasteiger partial charge in [0, 0.05) is 19.8 Å². The van der Waals surface area contributed by atoms with Crippen LogP contribution in [-0.2, 0) is 10.2 Å². The number of likely N-dealkylation sites (N-methyl/N-ethyl adjacent to an activating group) is 1. The Morgan fingerprint density at radius 2 is 2.39 bits per heavy atom. The van der Waals surface area contributed by atoms with Gasteiger partial charge in [-0.05, 0) is 34.5 Å². The Kier molecular flexibility index (Phi) is 3.90. The normalized spacial score (nSPS) is 23.2. The number of rotatable bonds is 3. The van der Waals surface area contributed by atoms with Crippen molar-refractivity contribution in [3.05, 3.63) is 22.3 Å². The van der Waals surface area contributed by atoms with Crippen LogP contribution in [0.2, 0.25) is 0 Å². The van der Waals surface area contributed by atoms with Crippen molar-refractivity contribution in [3.63, 3.8) is 0 Å². The van der Waals surface area contributed by atoms with Gasteiger partial charge in [-0.1, -0.05) is 0 Å². The Morgan fingerprint density at radius 1 is 1.67 bits per heavy atom. The van der Waals surface area contributed by atoms with Crippen molar-refractivity contribution in [3.8, 4) is 5.88 Å². The van der Waals surface area contributed by atoms with Gasteiger partial charge in [0.2, 0.25) is 5.88 Å². The number of pyridine rings is 1. The summed E-state index contributed by atoms with van der Waals surface area (Å²) in [4.78, 5) is 4.13. The van der Waals surface area contributed by atoms with Gasteiger partial charge in [-0.15, -0.1) is 0 Å². The summed E-state index contributed by atoms with van der Waals surface area (Å²) in [6.45, 7) is 2.58. The molecule has 0 bridgehead atoms. The largest absolute Gasteiger partial charge is 0.475 e.